The van der Waals surface area contributed by atoms with Gasteiger partial charge in [0.05, 0.1) is 29.0 Å². The summed E-state index contributed by atoms with van der Waals surface area (Å²) < 4.78 is 10.6. The van der Waals surface area contributed by atoms with Crippen molar-refractivity contribution in [2.24, 2.45) is 0 Å². The summed E-state index contributed by atoms with van der Waals surface area (Å²) >= 11 is 7.19. The van der Waals surface area contributed by atoms with Crippen molar-refractivity contribution in [3.63, 3.8) is 0 Å². The standard InChI is InChI=1S/C22H13ClN4O5S/c1-31-20-4-2-14(23)8-17(20)25-10-13(9-24)21-26-18(11-33-21)16-7-12-6-15(27(29)30)3-5-19(12)32-22(16)28/h2-8,10-11,25H,1H3. The fourth-order valence-electron chi connectivity index (χ4n) is 3.01. The Labute approximate surface area is 195 Å². The van der Waals surface area contributed by atoms with Crippen LogP contribution in [0.2, 0.25) is 5.02 Å². The molecule has 0 unspecified atom stereocenters. The summed E-state index contributed by atoms with van der Waals surface area (Å²) in [4.78, 5) is 27.4. The largest absolute Gasteiger partial charge is 0.495 e. The monoisotopic (exact) mass is 480 g/mol. The summed E-state index contributed by atoms with van der Waals surface area (Å²) in [5.41, 5.74) is 0.657. The van der Waals surface area contributed by atoms with Crippen molar-refractivity contribution < 1.29 is 14.1 Å². The van der Waals surface area contributed by atoms with Gasteiger partial charge < -0.3 is 14.5 Å². The number of ether oxygens (including phenoxy) is 1. The van der Waals surface area contributed by atoms with Gasteiger partial charge in [-0.15, -0.1) is 11.3 Å². The van der Waals surface area contributed by atoms with Crippen LogP contribution in [0.25, 0.3) is 27.8 Å². The number of thiazole rings is 1. The molecule has 164 valence electrons. The Balaban J connectivity index is 1.68. The molecule has 0 aliphatic rings. The molecule has 2 aromatic heterocycles. The Morgan fingerprint density at radius 3 is 2.88 bits per heavy atom. The SMILES string of the molecule is COc1ccc(Cl)cc1NC=C(C#N)c1nc(-c2cc3cc([N+](=O)[O-])ccc3oc2=O)cs1. The third kappa shape index (κ3) is 4.55. The number of hydrogen-bond acceptors (Lipinski definition) is 9. The third-order valence-electron chi connectivity index (χ3n) is 4.59. The van der Waals surface area contributed by atoms with Crippen LogP contribution in [0.15, 0.2) is 63.3 Å². The molecule has 2 heterocycles. The van der Waals surface area contributed by atoms with Crippen LogP contribution in [0.5, 0.6) is 5.75 Å². The summed E-state index contributed by atoms with van der Waals surface area (Å²) in [6, 6.07) is 12.5. The highest BCUT2D eigenvalue weighted by atomic mass is 35.5. The number of nitriles is 1. The number of methoxy groups -OCH3 is 1. The van der Waals surface area contributed by atoms with Crippen molar-refractivity contribution in [1.82, 2.24) is 4.98 Å². The zero-order valence-electron chi connectivity index (χ0n) is 16.9. The first-order chi connectivity index (χ1) is 15.9. The molecule has 1 N–H and O–H groups in total. The van der Waals surface area contributed by atoms with Crippen LogP contribution >= 0.6 is 22.9 Å². The van der Waals surface area contributed by atoms with Gasteiger partial charge in [-0.05, 0) is 30.3 Å². The maximum atomic E-state index is 12.5. The lowest BCUT2D eigenvalue weighted by molar-refractivity contribution is -0.384. The molecule has 9 nitrogen and oxygen atoms in total. The number of anilines is 1. The first kappa shape index (κ1) is 22.0. The van der Waals surface area contributed by atoms with E-state index in [2.05, 4.69) is 16.4 Å². The lowest BCUT2D eigenvalue weighted by Gasteiger charge is -2.08. The summed E-state index contributed by atoms with van der Waals surface area (Å²) in [5, 5.41) is 26.5. The molecule has 0 spiro atoms. The number of halogens is 1. The molecule has 0 atom stereocenters. The zero-order chi connectivity index (χ0) is 23.5. The lowest BCUT2D eigenvalue weighted by atomic mass is 10.1. The molecule has 0 aliphatic carbocycles. The van der Waals surface area contributed by atoms with Crippen LogP contribution in [-0.2, 0) is 0 Å². The first-order valence-electron chi connectivity index (χ1n) is 9.28. The number of rotatable bonds is 6. The molecule has 33 heavy (non-hydrogen) atoms. The molecule has 0 saturated carbocycles. The highest BCUT2D eigenvalue weighted by molar-refractivity contribution is 7.11. The minimum absolute atomic E-state index is 0.126. The molecule has 11 heteroatoms. The Morgan fingerprint density at radius 1 is 1.33 bits per heavy atom. The van der Waals surface area contributed by atoms with Gasteiger partial charge in [0.1, 0.15) is 28.0 Å². The molecule has 0 radical (unpaired) electrons. The van der Waals surface area contributed by atoms with E-state index in [4.69, 9.17) is 20.8 Å². The molecular weight excluding hydrogens is 468 g/mol. The van der Waals surface area contributed by atoms with Crippen molar-refractivity contribution >= 4 is 50.9 Å². The van der Waals surface area contributed by atoms with Crippen LogP contribution in [0.4, 0.5) is 11.4 Å². The van der Waals surface area contributed by atoms with Gasteiger partial charge in [-0.3, -0.25) is 10.1 Å². The van der Waals surface area contributed by atoms with E-state index < -0.39 is 10.5 Å². The maximum absolute atomic E-state index is 12.5. The van der Waals surface area contributed by atoms with Crippen LogP contribution < -0.4 is 15.7 Å². The average molecular weight is 481 g/mol. The first-order valence-corrected chi connectivity index (χ1v) is 10.5. The Bertz CT molecular complexity index is 1520. The number of benzene rings is 2. The van der Waals surface area contributed by atoms with Crippen molar-refractivity contribution in [2.75, 3.05) is 12.4 Å². The molecule has 2 aromatic carbocycles. The molecule has 4 aromatic rings. The molecule has 4 rings (SSSR count). The average Bonchev–Trinajstić information content (AvgIpc) is 3.28. The van der Waals surface area contributed by atoms with E-state index in [0.717, 1.165) is 11.3 Å². The second-order valence-electron chi connectivity index (χ2n) is 6.62. The fourth-order valence-corrected chi connectivity index (χ4v) is 3.97. The Morgan fingerprint density at radius 2 is 2.15 bits per heavy atom. The van der Waals surface area contributed by atoms with E-state index >= 15 is 0 Å². The fraction of sp³-hybridized carbons (Fsp3) is 0.0455. The van der Waals surface area contributed by atoms with Crippen molar-refractivity contribution in [1.29, 1.82) is 5.26 Å². The number of nitrogens with zero attached hydrogens (tertiary/aromatic N) is 3. The molecular formula is C22H13ClN4O5S. The van der Waals surface area contributed by atoms with Crippen LogP contribution in [0, 0.1) is 21.4 Å². The van der Waals surface area contributed by atoms with E-state index in [1.165, 1.54) is 37.6 Å². The summed E-state index contributed by atoms with van der Waals surface area (Å²) in [6.45, 7) is 0. The quantitative estimate of drug-likeness (QED) is 0.166. The minimum Gasteiger partial charge on any atom is -0.495 e. The second-order valence-corrected chi connectivity index (χ2v) is 7.92. The second kappa shape index (κ2) is 9.12. The normalized spacial score (nSPS) is 11.2. The van der Waals surface area contributed by atoms with Crippen molar-refractivity contribution in [3.8, 4) is 23.1 Å². The van der Waals surface area contributed by atoms with E-state index in [1.54, 1.807) is 23.6 Å². The molecule has 0 bridgehead atoms. The van der Waals surface area contributed by atoms with Crippen LogP contribution in [-0.4, -0.2) is 17.0 Å². The number of hydrogen-bond donors (Lipinski definition) is 1. The van der Waals surface area contributed by atoms with Crippen molar-refractivity contribution in [3.05, 3.63) is 84.6 Å². The molecule has 0 aliphatic heterocycles. The van der Waals surface area contributed by atoms with Crippen LogP contribution in [0.3, 0.4) is 0 Å². The van der Waals surface area contributed by atoms with Gasteiger partial charge in [0.25, 0.3) is 5.69 Å². The number of non-ortho nitro benzene ring substituents is 1. The van der Waals surface area contributed by atoms with Gasteiger partial charge in [-0.25, -0.2) is 9.78 Å². The van der Waals surface area contributed by atoms with Crippen LogP contribution in [0.1, 0.15) is 5.01 Å². The predicted molar refractivity (Wildman–Crippen MR) is 125 cm³/mol. The van der Waals surface area contributed by atoms with Crippen molar-refractivity contribution in [2.45, 2.75) is 0 Å². The van der Waals surface area contributed by atoms with E-state index in [1.807, 2.05) is 0 Å². The van der Waals surface area contributed by atoms with E-state index in [-0.39, 0.29) is 22.4 Å². The van der Waals surface area contributed by atoms with Gasteiger partial charge in [0.15, 0.2) is 0 Å². The van der Waals surface area contributed by atoms with Gasteiger partial charge in [-0.2, -0.15) is 5.26 Å². The smallest absolute Gasteiger partial charge is 0.345 e. The number of allylic oxidation sites excluding steroid dienone is 1. The number of aromatic nitrogens is 1. The topological polar surface area (TPSA) is 131 Å². The molecule has 0 fully saturated rings. The van der Waals surface area contributed by atoms with Gasteiger partial charge >= 0.3 is 5.63 Å². The zero-order valence-corrected chi connectivity index (χ0v) is 18.4. The summed E-state index contributed by atoms with van der Waals surface area (Å²) in [5.74, 6) is 0.538. The number of fused-ring (bicyclic) bond motifs is 1. The van der Waals surface area contributed by atoms with Gasteiger partial charge in [0.2, 0.25) is 0 Å². The number of nitro groups is 1. The predicted octanol–water partition coefficient (Wildman–Crippen LogP) is 5.46. The van der Waals surface area contributed by atoms with E-state index in [0.29, 0.717) is 32.5 Å². The Kier molecular flexibility index (Phi) is 6.08. The highest BCUT2D eigenvalue weighted by Crippen LogP contribution is 2.30. The highest BCUT2D eigenvalue weighted by Gasteiger charge is 2.16. The molecule has 0 saturated heterocycles. The summed E-state index contributed by atoms with van der Waals surface area (Å²) in [7, 11) is 1.51. The van der Waals surface area contributed by atoms with E-state index in [9.17, 15) is 20.2 Å². The lowest BCUT2D eigenvalue weighted by Crippen LogP contribution is -2.03. The van der Waals surface area contributed by atoms with Gasteiger partial charge in [-0.1, -0.05) is 11.6 Å². The number of nitro benzene ring substituents is 1. The number of nitrogens with one attached hydrogen (secondary N) is 1. The minimum atomic E-state index is -0.641. The Hall–Kier alpha value is -4.20. The summed E-state index contributed by atoms with van der Waals surface area (Å²) in [6.07, 6.45) is 1.46. The third-order valence-corrected chi connectivity index (χ3v) is 5.70. The maximum Gasteiger partial charge on any atom is 0.345 e. The van der Waals surface area contributed by atoms with Gasteiger partial charge in [0, 0.05) is 34.1 Å². The molecule has 0 amide bonds.